The van der Waals surface area contributed by atoms with Crippen LogP contribution in [0.2, 0.25) is 0 Å². The summed E-state index contributed by atoms with van der Waals surface area (Å²) >= 11 is 4.86. The number of nitrogens with zero attached hydrogens (tertiary/aromatic N) is 2. The van der Waals surface area contributed by atoms with Crippen LogP contribution in [0.1, 0.15) is 10.5 Å². The Morgan fingerprint density at radius 1 is 1.67 bits per heavy atom. The highest BCUT2D eigenvalue weighted by molar-refractivity contribution is 9.10. The number of aryl methyl sites for hydroxylation is 1. The van der Waals surface area contributed by atoms with Crippen molar-refractivity contribution < 1.29 is 9.90 Å². The van der Waals surface area contributed by atoms with Gasteiger partial charge in [-0.3, -0.25) is 4.68 Å². The molecule has 0 atom stereocenters. The van der Waals surface area contributed by atoms with Gasteiger partial charge in [0.1, 0.15) is 0 Å². The number of hydrogen-bond donors (Lipinski definition) is 1. The zero-order chi connectivity index (χ0) is 11.0. The molecule has 0 fully saturated rings. The zero-order valence-corrected chi connectivity index (χ0v) is 10.2. The van der Waals surface area contributed by atoms with Gasteiger partial charge < -0.3 is 5.11 Å². The first-order valence-electron chi connectivity index (χ1n) is 4.10. The maximum atomic E-state index is 11.0. The number of aromatic carboxylic acids is 1. The Morgan fingerprint density at radius 2 is 2.40 bits per heavy atom. The van der Waals surface area contributed by atoms with Gasteiger partial charge in [0.05, 0.1) is 4.88 Å². The summed E-state index contributed by atoms with van der Waals surface area (Å²) in [5, 5.41) is 14.8. The number of thiophene rings is 1. The van der Waals surface area contributed by atoms with Crippen LogP contribution >= 0.6 is 27.3 Å². The van der Waals surface area contributed by atoms with Crippen LogP contribution in [0.5, 0.6) is 0 Å². The van der Waals surface area contributed by atoms with Gasteiger partial charge in [0.25, 0.3) is 0 Å². The van der Waals surface area contributed by atoms with E-state index in [-0.39, 0.29) is 5.69 Å². The molecule has 2 heterocycles. The summed E-state index contributed by atoms with van der Waals surface area (Å²) in [5.41, 5.74) is 0.729. The molecule has 0 spiro atoms. The highest BCUT2D eigenvalue weighted by Crippen LogP contribution is 2.35. The molecule has 0 radical (unpaired) electrons. The topological polar surface area (TPSA) is 55.1 Å². The average Bonchev–Trinajstić information content (AvgIpc) is 2.71. The number of halogens is 1. The van der Waals surface area contributed by atoms with Gasteiger partial charge in [-0.1, -0.05) is 0 Å². The van der Waals surface area contributed by atoms with Gasteiger partial charge in [-0.25, -0.2) is 4.79 Å². The third-order valence-electron chi connectivity index (χ3n) is 1.89. The molecule has 0 aliphatic rings. The highest BCUT2D eigenvalue weighted by atomic mass is 79.9. The molecule has 0 aliphatic heterocycles. The summed E-state index contributed by atoms with van der Waals surface area (Å²) in [7, 11) is 1.71. The van der Waals surface area contributed by atoms with Crippen LogP contribution in [0.25, 0.3) is 10.4 Å². The van der Waals surface area contributed by atoms with Crippen LogP contribution in [0.3, 0.4) is 0 Å². The Balaban J connectivity index is 2.62. The van der Waals surface area contributed by atoms with E-state index in [0.717, 1.165) is 9.35 Å². The van der Waals surface area contributed by atoms with Crippen molar-refractivity contribution in [2.24, 2.45) is 7.05 Å². The van der Waals surface area contributed by atoms with Crippen molar-refractivity contribution in [1.82, 2.24) is 9.78 Å². The number of carboxylic acids is 1. The van der Waals surface area contributed by atoms with E-state index < -0.39 is 5.97 Å². The summed E-state index contributed by atoms with van der Waals surface area (Å²) in [4.78, 5) is 11.8. The average molecular weight is 287 g/mol. The van der Waals surface area contributed by atoms with Crippen LogP contribution in [0.4, 0.5) is 0 Å². The van der Waals surface area contributed by atoms with Crippen molar-refractivity contribution in [3.8, 4) is 10.4 Å². The lowest BCUT2D eigenvalue weighted by Crippen LogP contribution is -2.00. The summed E-state index contributed by atoms with van der Waals surface area (Å²) in [6, 6.07) is 1.89. The first-order chi connectivity index (χ1) is 7.09. The Bertz CT molecular complexity index is 518. The fourth-order valence-electron chi connectivity index (χ4n) is 1.30. The lowest BCUT2D eigenvalue weighted by Gasteiger charge is -1.95. The maximum absolute atomic E-state index is 11.0. The number of rotatable bonds is 2. The molecule has 0 aliphatic carbocycles. The Kier molecular flexibility index (Phi) is 2.62. The predicted molar refractivity (Wildman–Crippen MR) is 61.2 cm³/mol. The van der Waals surface area contributed by atoms with E-state index in [2.05, 4.69) is 21.0 Å². The Hall–Kier alpha value is -1.14. The lowest BCUT2D eigenvalue weighted by atomic mass is 10.2. The van der Waals surface area contributed by atoms with Gasteiger partial charge in [-0.05, 0) is 27.4 Å². The first-order valence-corrected chi connectivity index (χ1v) is 5.77. The van der Waals surface area contributed by atoms with Gasteiger partial charge in [0, 0.05) is 23.3 Å². The fourth-order valence-corrected chi connectivity index (χ4v) is 2.90. The smallest absolute Gasteiger partial charge is 0.357 e. The molecule has 6 heteroatoms. The minimum Gasteiger partial charge on any atom is -0.476 e. The second-order valence-corrected chi connectivity index (χ2v) is 4.74. The Morgan fingerprint density at radius 3 is 2.93 bits per heavy atom. The summed E-state index contributed by atoms with van der Waals surface area (Å²) < 4.78 is 2.40. The summed E-state index contributed by atoms with van der Waals surface area (Å²) in [6.07, 6.45) is 1.71. The SMILES string of the molecule is Cn1cc(-c2sccc2Br)c(C(=O)O)n1. The number of carbonyl (C=O) groups is 1. The summed E-state index contributed by atoms with van der Waals surface area (Å²) in [6.45, 7) is 0. The molecule has 1 N–H and O–H groups in total. The first kappa shape index (κ1) is 10.4. The standard InChI is InChI=1S/C9H7BrN2O2S/c1-12-4-5(7(11-12)9(13)14)8-6(10)2-3-15-8/h2-4H,1H3,(H,13,14). The largest absolute Gasteiger partial charge is 0.476 e. The second kappa shape index (κ2) is 3.79. The minimum atomic E-state index is -1.01. The molecule has 0 aromatic carbocycles. The minimum absolute atomic E-state index is 0.0839. The molecule has 2 aromatic rings. The van der Waals surface area contributed by atoms with Crippen LogP contribution in [0.15, 0.2) is 22.1 Å². The molecule has 2 rings (SSSR count). The van der Waals surface area contributed by atoms with E-state index in [1.165, 1.54) is 16.0 Å². The molecule has 0 saturated carbocycles. The third kappa shape index (κ3) is 1.82. The van der Waals surface area contributed by atoms with Crippen LogP contribution in [-0.2, 0) is 7.05 Å². The summed E-state index contributed by atoms with van der Waals surface area (Å²) in [5.74, 6) is -1.01. The van der Waals surface area contributed by atoms with Crippen molar-refractivity contribution in [3.63, 3.8) is 0 Å². The lowest BCUT2D eigenvalue weighted by molar-refractivity contribution is 0.0690. The predicted octanol–water partition coefficient (Wildman–Crippen LogP) is 2.61. The molecule has 0 bridgehead atoms. The van der Waals surface area contributed by atoms with Gasteiger partial charge in [-0.15, -0.1) is 11.3 Å². The normalized spacial score (nSPS) is 10.5. The van der Waals surface area contributed by atoms with E-state index in [0.29, 0.717) is 5.56 Å². The van der Waals surface area contributed by atoms with Crippen LogP contribution in [0, 0.1) is 0 Å². The second-order valence-electron chi connectivity index (χ2n) is 2.97. The number of aromatic nitrogens is 2. The van der Waals surface area contributed by atoms with Gasteiger partial charge in [-0.2, -0.15) is 5.10 Å². The number of carboxylic acid groups (broad SMARTS) is 1. The molecule has 0 unspecified atom stereocenters. The molecule has 4 nitrogen and oxygen atoms in total. The van der Waals surface area contributed by atoms with E-state index >= 15 is 0 Å². The molecule has 78 valence electrons. The fraction of sp³-hybridized carbons (Fsp3) is 0.111. The van der Waals surface area contributed by atoms with E-state index in [9.17, 15) is 4.79 Å². The van der Waals surface area contributed by atoms with Gasteiger partial charge in [0.15, 0.2) is 5.69 Å². The van der Waals surface area contributed by atoms with Crippen molar-refractivity contribution in [3.05, 3.63) is 27.8 Å². The van der Waals surface area contributed by atoms with Gasteiger partial charge >= 0.3 is 5.97 Å². The maximum Gasteiger partial charge on any atom is 0.357 e. The quantitative estimate of drug-likeness (QED) is 0.923. The molecular weight excluding hydrogens is 280 g/mol. The zero-order valence-electron chi connectivity index (χ0n) is 7.77. The van der Waals surface area contributed by atoms with Crippen molar-refractivity contribution in [2.45, 2.75) is 0 Å². The third-order valence-corrected chi connectivity index (χ3v) is 3.76. The molecule has 15 heavy (non-hydrogen) atoms. The monoisotopic (exact) mass is 286 g/mol. The van der Waals surface area contributed by atoms with Gasteiger partial charge in [0.2, 0.25) is 0 Å². The molecule has 0 amide bonds. The van der Waals surface area contributed by atoms with Crippen LogP contribution < -0.4 is 0 Å². The van der Waals surface area contributed by atoms with Crippen molar-refractivity contribution >= 4 is 33.2 Å². The van der Waals surface area contributed by atoms with E-state index in [1.54, 1.807) is 13.2 Å². The van der Waals surface area contributed by atoms with Crippen molar-refractivity contribution in [1.29, 1.82) is 0 Å². The van der Waals surface area contributed by atoms with E-state index in [4.69, 9.17) is 5.11 Å². The molecule has 0 saturated heterocycles. The number of hydrogen-bond acceptors (Lipinski definition) is 3. The van der Waals surface area contributed by atoms with Crippen molar-refractivity contribution in [2.75, 3.05) is 0 Å². The van der Waals surface area contributed by atoms with Crippen LogP contribution in [-0.4, -0.2) is 20.9 Å². The van der Waals surface area contributed by atoms with E-state index in [1.807, 2.05) is 11.4 Å². The highest BCUT2D eigenvalue weighted by Gasteiger charge is 2.18. The Labute approximate surface area is 98.3 Å². The molecule has 2 aromatic heterocycles. The molecular formula is C9H7BrN2O2S.